The summed E-state index contributed by atoms with van der Waals surface area (Å²) in [6, 6.07) is 8.55. The van der Waals surface area contributed by atoms with Crippen molar-refractivity contribution in [1.82, 2.24) is 10.2 Å². The van der Waals surface area contributed by atoms with Gasteiger partial charge in [-0.05, 0) is 44.0 Å². The van der Waals surface area contributed by atoms with Crippen molar-refractivity contribution in [3.05, 3.63) is 52.0 Å². The first-order valence-electron chi connectivity index (χ1n) is 12.1. The zero-order chi connectivity index (χ0) is 28.6. The molecule has 0 spiro atoms. The number of sulfonamides is 1. The van der Waals surface area contributed by atoms with Crippen LogP contribution in [0.2, 0.25) is 10.0 Å². The Morgan fingerprint density at radius 1 is 1.03 bits per heavy atom. The fourth-order valence-corrected chi connectivity index (χ4v) is 5.16. The molecule has 0 aliphatic heterocycles. The lowest BCUT2D eigenvalue weighted by Gasteiger charge is -2.34. The van der Waals surface area contributed by atoms with Crippen molar-refractivity contribution >= 4 is 50.7 Å². The number of anilines is 1. The SMILES string of the molecule is CCC(C)NC(=O)C(CC)N(Cc1c(Cl)cccc1Cl)C(=O)CN(c1cc(OC)ccc1OC)S(C)(=O)=O. The van der Waals surface area contributed by atoms with Crippen LogP contribution in [0.4, 0.5) is 5.69 Å². The molecule has 0 saturated carbocycles. The van der Waals surface area contributed by atoms with Crippen molar-refractivity contribution in [2.24, 2.45) is 0 Å². The number of hydrogen-bond acceptors (Lipinski definition) is 6. The minimum atomic E-state index is -3.97. The summed E-state index contributed by atoms with van der Waals surface area (Å²) in [5.74, 6) is -0.377. The highest BCUT2D eigenvalue weighted by Crippen LogP contribution is 2.34. The highest BCUT2D eigenvalue weighted by molar-refractivity contribution is 7.92. The molecule has 2 atom stereocenters. The lowest BCUT2D eigenvalue weighted by atomic mass is 10.1. The van der Waals surface area contributed by atoms with E-state index in [1.165, 1.54) is 25.2 Å². The molecular weight excluding hydrogens is 553 g/mol. The Kier molecular flexibility index (Phi) is 11.5. The Balaban J connectivity index is 2.59. The van der Waals surface area contributed by atoms with Crippen molar-refractivity contribution in [1.29, 1.82) is 0 Å². The van der Waals surface area contributed by atoms with Crippen LogP contribution in [0.5, 0.6) is 11.5 Å². The quantitative estimate of drug-likeness (QED) is 0.370. The van der Waals surface area contributed by atoms with Gasteiger partial charge in [0.25, 0.3) is 0 Å². The molecule has 0 radical (unpaired) electrons. The number of ether oxygens (including phenoxy) is 2. The summed E-state index contributed by atoms with van der Waals surface area (Å²) in [4.78, 5) is 28.5. The van der Waals surface area contributed by atoms with Crippen molar-refractivity contribution < 1.29 is 27.5 Å². The maximum absolute atomic E-state index is 13.9. The number of carbonyl (C=O) groups excluding carboxylic acids is 2. The van der Waals surface area contributed by atoms with E-state index in [1.807, 2.05) is 13.8 Å². The Labute approximate surface area is 235 Å². The maximum atomic E-state index is 13.9. The first kappa shape index (κ1) is 31.5. The number of nitrogens with zero attached hydrogens (tertiary/aromatic N) is 2. The molecule has 38 heavy (non-hydrogen) atoms. The number of methoxy groups -OCH3 is 2. The molecule has 0 heterocycles. The molecule has 0 aliphatic carbocycles. The lowest BCUT2D eigenvalue weighted by molar-refractivity contribution is -0.140. The Morgan fingerprint density at radius 3 is 2.16 bits per heavy atom. The summed E-state index contributed by atoms with van der Waals surface area (Å²) >= 11 is 12.8. The van der Waals surface area contributed by atoms with Crippen LogP contribution in [-0.4, -0.2) is 64.2 Å². The third-order valence-corrected chi connectivity index (χ3v) is 7.95. The first-order chi connectivity index (χ1) is 17.9. The van der Waals surface area contributed by atoms with E-state index in [0.29, 0.717) is 27.8 Å². The summed E-state index contributed by atoms with van der Waals surface area (Å²) in [5, 5.41) is 3.55. The van der Waals surface area contributed by atoms with E-state index < -0.39 is 28.5 Å². The van der Waals surface area contributed by atoms with Gasteiger partial charge < -0.3 is 19.7 Å². The smallest absolute Gasteiger partial charge is 0.244 e. The van der Waals surface area contributed by atoms with Crippen molar-refractivity contribution in [2.75, 3.05) is 31.3 Å². The molecule has 12 heteroatoms. The van der Waals surface area contributed by atoms with E-state index in [-0.39, 0.29) is 36.4 Å². The summed E-state index contributed by atoms with van der Waals surface area (Å²) in [7, 11) is -1.13. The number of benzene rings is 2. The van der Waals surface area contributed by atoms with E-state index in [2.05, 4.69) is 5.32 Å². The van der Waals surface area contributed by atoms with Crippen molar-refractivity contribution in [2.45, 2.75) is 52.2 Å². The van der Waals surface area contributed by atoms with Crippen LogP contribution in [0, 0.1) is 0 Å². The van der Waals surface area contributed by atoms with E-state index in [9.17, 15) is 18.0 Å². The van der Waals surface area contributed by atoms with Gasteiger partial charge in [-0.3, -0.25) is 13.9 Å². The standard InChI is InChI=1S/C26H35Cl2N3O6S/c1-7-17(3)29-26(33)22(8-2)30(15-19-20(27)10-9-11-21(19)28)25(32)16-31(38(6,34)35)23-14-18(36-4)12-13-24(23)37-5/h9-14,17,22H,7-8,15-16H2,1-6H3,(H,29,33). The molecule has 2 amide bonds. The number of rotatable bonds is 13. The molecule has 2 unspecified atom stereocenters. The van der Waals surface area contributed by atoms with Gasteiger partial charge in [0.15, 0.2) is 0 Å². The largest absolute Gasteiger partial charge is 0.497 e. The number of nitrogens with one attached hydrogen (secondary N) is 1. The van der Waals surface area contributed by atoms with Crippen molar-refractivity contribution in [3.8, 4) is 11.5 Å². The van der Waals surface area contributed by atoms with Gasteiger partial charge >= 0.3 is 0 Å². The van der Waals surface area contributed by atoms with Crippen LogP contribution in [0.15, 0.2) is 36.4 Å². The van der Waals surface area contributed by atoms with Gasteiger partial charge in [0.05, 0.1) is 26.2 Å². The number of amides is 2. The second-order valence-electron chi connectivity index (χ2n) is 8.77. The number of carbonyl (C=O) groups is 2. The average molecular weight is 589 g/mol. The zero-order valence-electron chi connectivity index (χ0n) is 22.5. The van der Waals surface area contributed by atoms with Gasteiger partial charge in [-0.25, -0.2) is 8.42 Å². The van der Waals surface area contributed by atoms with Crippen LogP contribution in [-0.2, 0) is 26.2 Å². The monoisotopic (exact) mass is 587 g/mol. The zero-order valence-corrected chi connectivity index (χ0v) is 24.8. The number of hydrogen-bond donors (Lipinski definition) is 1. The molecule has 210 valence electrons. The maximum Gasteiger partial charge on any atom is 0.244 e. The van der Waals surface area contributed by atoms with Gasteiger partial charge in [0, 0.05) is 34.3 Å². The van der Waals surface area contributed by atoms with Gasteiger partial charge in [0.2, 0.25) is 21.8 Å². The molecule has 1 N–H and O–H groups in total. The molecule has 0 saturated heterocycles. The fourth-order valence-electron chi connectivity index (χ4n) is 3.80. The van der Waals surface area contributed by atoms with Crippen LogP contribution in [0.1, 0.15) is 39.2 Å². The average Bonchev–Trinajstić information content (AvgIpc) is 2.87. The second kappa shape index (κ2) is 13.9. The van der Waals surface area contributed by atoms with E-state index >= 15 is 0 Å². The Hall–Kier alpha value is -2.69. The molecule has 0 fully saturated rings. The topological polar surface area (TPSA) is 105 Å². The highest BCUT2D eigenvalue weighted by Gasteiger charge is 2.33. The fraction of sp³-hybridized carbons (Fsp3) is 0.462. The van der Waals surface area contributed by atoms with Gasteiger partial charge in [-0.2, -0.15) is 0 Å². The molecule has 9 nitrogen and oxygen atoms in total. The second-order valence-corrected chi connectivity index (χ2v) is 11.5. The minimum Gasteiger partial charge on any atom is -0.497 e. The summed E-state index contributed by atoms with van der Waals surface area (Å²) in [6.07, 6.45) is 1.96. The normalized spacial score (nSPS) is 12.8. The first-order valence-corrected chi connectivity index (χ1v) is 14.7. The van der Waals surface area contributed by atoms with E-state index in [4.69, 9.17) is 32.7 Å². The molecular formula is C26H35Cl2N3O6S. The van der Waals surface area contributed by atoms with Gasteiger partial charge in [0.1, 0.15) is 24.1 Å². The molecule has 2 aromatic rings. The van der Waals surface area contributed by atoms with Crippen molar-refractivity contribution in [3.63, 3.8) is 0 Å². The summed E-state index contributed by atoms with van der Waals surface area (Å²) in [5.41, 5.74) is 0.569. The number of halogens is 2. The predicted molar refractivity (Wildman–Crippen MR) is 151 cm³/mol. The van der Waals surface area contributed by atoms with Gasteiger partial charge in [-0.15, -0.1) is 0 Å². The van der Waals surface area contributed by atoms with Crippen LogP contribution in [0.3, 0.4) is 0 Å². The molecule has 2 rings (SSSR count). The van der Waals surface area contributed by atoms with E-state index in [0.717, 1.165) is 10.6 Å². The van der Waals surface area contributed by atoms with Crippen LogP contribution < -0.4 is 19.1 Å². The van der Waals surface area contributed by atoms with Crippen LogP contribution in [0.25, 0.3) is 0 Å². The third kappa shape index (κ3) is 7.91. The van der Waals surface area contributed by atoms with Crippen LogP contribution >= 0.6 is 23.2 Å². The molecule has 0 aromatic heterocycles. The summed E-state index contributed by atoms with van der Waals surface area (Å²) < 4.78 is 37.4. The third-order valence-electron chi connectivity index (χ3n) is 6.11. The molecule has 0 aliphatic rings. The lowest BCUT2D eigenvalue weighted by Crippen LogP contribution is -2.53. The Bertz CT molecular complexity index is 1220. The molecule has 2 aromatic carbocycles. The highest BCUT2D eigenvalue weighted by atomic mass is 35.5. The molecule has 0 bridgehead atoms. The minimum absolute atomic E-state index is 0.101. The van der Waals surface area contributed by atoms with Gasteiger partial charge in [-0.1, -0.05) is 43.1 Å². The predicted octanol–water partition coefficient (Wildman–Crippen LogP) is 4.50. The van der Waals surface area contributed by atoms with E-state index in [1.54, 1.807) is 37.3 Å². The summed E-state index contributed by atoms with van der Waals surface area (Å²) in [6.45, 7) is 4.87. The Morgan fingerprint density at radius 2 is 1.66 bits per heavy atom.